The maximum absolute atomic E-state index is 11.8. The van der Waals surface area contributed by atoms with Gasteiger partial charge >= 0.3 is 5.97 Å². The molecule has 0 spiro atoms. The third-order valence-electron chi connectivity index (χ3n) is 4.54. The number of aliphatic carboxylic acids is 1. The summed E-state index contributed by atoms with van der Waals surface area (Å²) in [6.07, 6.45) is 2.71. The van der Waals surface area contributed by atoms with E-state index in [2.05, 4.69) is 9.88 Å². The largest absolute Gasteiger partial charge is 0.508 e. The number of hydrogen-bond donors (Lipinski definition) is 2. The van der Waals surface area contributed by atoms with Crippen LogP contribution in [0.15, 0.2) is 48.7 Å². The molecule has 2 N–H and O–H groups in total. The van der Waals surface area contributed by atoms with Crippen molar-refractivity contribution in [3.63, 3.8) is 0 Å². The molecular weight excluding hydrogens is 318 g/mol. The Hall–Kier alpha value is -2.44. The molecule has 0 saturated carbocycles. The third kappa shape index (κ3) is 4.55. The van der Waals surface area contributed by atoms with Crippen LogP contribution < -0.4 is 0 Å². The summed E-state index contributed by atoms with van der Waals surface area (Å²) in [7, 11) is 0. The van der Waals surface area contributed by atoms with Gasteiger partial charge < -0.3 is 10.2 Å². The lowest BCUT2D eigenvalue weighted by Crippen LogP contribution is -2.37. The quantitative estimate of drug-likeness (QED) is 0.867. The van der Waals surface area contributed by atoms with Crippen LogP contribution in [0.4, 0.5) is 0 Å². The molecule has 2 heterocycles. The van der Waals surface area contributed by atoms with Gasteiger partial charge in [0, 0.05) is 32.4 Å². The van der Waals surface area contributed by atoms with E-state index in [0.717, 1.165) is 38.3 Å². The predicted molar refractivity (Wildman–Crippen MR) is 94.2 cm³/mol. The fourth-order valence-electron chi connectivity index (χ4n) is 3.29. The van der Waals surface area contributed by atoms with Crippen molar-refractivity contribution in [1.82, 2.24) is 14.8 Å². The van der Waals surface area contributed by atoms with Gasteiger partial charge in [0.2, 0.25) is 0 Å². The minimum Gasteiger partial charge on any atom is -0.508 e. The van der Waals surface area contributed by atoms with E-state index in [0.29, 0.717) is 12.1 Å². The second-order valence-corrected chi connectivity index (χ2v) is 6.32. The summed E-state index contributed by atoms with van der Waals surface area (Å²) in [4.78, 5) is 20.5. The van der Waals surface area contributed by atoms with Gasteiger partial charge in [0.05, 0.1) is 5.69 Å². The van der Waals surface area contributed by atoms with Crippen LogP contribution in [-0.2, 0) is 11.3 Å². The molecule has 0 aliphatic carbocycles. The predicted octanol–water partition coefficient (Wildman–Crippen LogP) is 2.12. The molecule has 1 aliphatic heterocycles. The molecule has 1 atom stereocenters. The zero-order valence-electron chi connectivity index (χ0n) is 14.1. The number of aromatic nitrogens is 1. The summed E-state index contributed by atoms with van der Waals surface area (Å²) >= 11 is 0. The Kier molecular flexibility index (Phi) is 5.63. The highest BCUT2D eigenvalue weighted by molar-refractivity contribution is 5.75. The van der Waals surface area contributed by atoms with Gasteiger partial charge in [0.25, 0.3) is 0 Å². The van der Waals surface area contributed by atoms with Gasteiger partial charge in [-0.05, 0) is 42.8 Å². The number of phenolic OH excluding ortho intramolecular Hbond substituents is 1. The maximum Gasteiger partial charge on any atom is 0.325 e. The van der Waals surface area contributed by atoms with Gasteiger partial charge in [-0.15, -0.1) is 0 Å². The highest BCUT2D eigenvalue weighted by Gasteiger charge is 2.29. The zero-order valence-corrected chi connectivity index (χ0v) is 14.1. The number of benzene rings is 1. The van der Waals surface area contributed by atoms with Crippen molar-refractivity contribution >= 4 is 5.97 Å². The van der Waals surface area contributed by atoms with Crippen LogP contribution in [0.2, 0.25) is 0 Å². The Bertz CT molecular complexity index is 691. The lowest BCUT2D eigenvalue weighted by atomic mass is 10.0. The van der Waals surface area contributed by atoms with Gasteiger partial charge in [0.15, 0.2) is 0 Å². The van der Waals surface area contributed by atoms with Crippen LogP contribution in [0.5, 0.6) is 5.75 Å². The van der Waals surface area contributed by atoms with Gasteiger partial charge in [-0.3, -0.25) is 19.6 Å². The first-order valence-electron chi connectivity index (χ1n) is 8.51. The van der Waals surface area contributed by atoms with E-state index in [1.165, 1.54) is 12.1 Å². The monoisotopic (exact) mass is 341 g/mol. The maximum atomic E-state index is 11.8. The van der Waals surface area contributed by atoms with E-state index in [9.17, 15) is 15.0 Å². The number of pyridine rings is 1. The summed E-state index contributed by atoms with van der Waals surface area (Å²) in [5, 5.41) is 19.1. The molecule has 25 heavy (non-hydrogen) atoms. The standard InChI is InChI=1S/C19H23N3O3/c23-17-7-5-15(6-8-17)18(19(24)25)22-11-3-10-21(12-13-22)14-16-4-1-2-9-20-16/h1-2,4-9,18,23H,3,10-14H2,(H,24,25)/t18-/m0/s1. The first kappa shape index (κ1) is 17.4. The molecule has 0 amide bonds. The molecule has 1 aromatic heterocycles. The molecule has 1 aliphatic rings. The number of carboxylic acid groups (broad SMARTS) is 1. The zero-order chi connectivity index (χ0) is 17.6. The van der Waals surface area contributed by atoms with Crippen molar-refractivity contribution in [2.24, 2.45) is 0 Å². The van der Waals surface area contributed by atoms with Gasteiger partial charge in [0.1, 0.15) is 11.8 Å². The molecule has 132 valence electrons. The summed E-state index contributed by atoms with van der Waals surface area (Å²) in [5.74, 6) is -0.714. The van der Waals surface area contributed by atoms with Crippen LogP contribution in [0.3, 0.4) is 0 Å². The number of hydrogen-bond acceptors (Lipinski definition) is 5. The summed E-state index contributed by atoms with van der Waals surface area (Å²) < 4.78 is 0. The molecule has 0 unspecified atom stereocenters. The fraction of sp³-hybridized carbons (Fsp3) is 0.368. The smallest absolute Gasteiger partial charge is 0.325 e. The van der Waals surface area contributed by atoms with E-state index in [1.54, 1.807) is 18.3 Å². The molecule has 3 rings (SSSR count). The minimum atomic E-state index is -0.858. The van der Waals surface area contributed by atoms with E-state index in [1.807, 2.05) is 23.1 Å². The minimum absolute atomic E-state index is 0.144. The van der Waals surface area contributed by atoms with Crippen LogP contribution in [0.1, 0.15) is 23.7 Å². The number of carboxylic acids is 1. The van der Waals surface area contributed by atoms with E-state index in [-0.39, 0.29) is 5.75 Å². The number of rotatable bonds is 5. The van der Waals surface area contributed by atoms with E-state index >= 15 is 0 Å². The van der Waals surface area contributed by atoms with Crippen molar-refractivity contribution in [3.8, 4) is 5.75 Å². The second kappa shape index (κ2) is 8.09. The fourth-order valence-corrected chi connectivity index (χ4v) is 3.29. The summed E-state index contributed by atoms with van der Waals surface area (Å²) in [6.45, 7) is 3.93. The molecule has 0 radical (unpaired) electrons. The van der Waals surface area contributed by atoms with E-state index in [4.69, 9.17) is 0 Å². The molecule has 1 saturated heterocycles. The summed E-state index contributed by atoms with van der Waals surface area (Å²) in [5.41, 5.74) is 1.73. The Morgan fingerprint density at radius 3 is 2.56 bits per heavy atom. The van der Waals surface area contributed by atoms with Crippen LogP contribution >= 0.6 is 0 Å². The summed E-state index contributed by atoms with van der Waals surface area (Å²) in [6, 6.07) is 11.7. The van der Waals surface area contributed by atoms with Crippen LogP contribution in [0.25, 0.3) is 0 Å². The van der Waals surface area contributed by atoms with Crippen molar-refractivity contribution in [1.29, 1.82) is 0 Å². The third-order valence-corrected chi connectivity index (χ3v) is 4.54. The highest BCUT2D eigenvalue weighted by Crippen LogP contribution is 2.24. The molecular formula is C19H23N3O3. The van der Waals surface area contributed by atoms with Gasteiger partial charge in [-0.2, -0.15) is 0 Å². The van der Waals surface area contributed by atoms with Gasteiger partial charge in [-0.25, -0.2) is 0 Å². The Morgan fingerprint density at radius 2 is 1.88 bits per heavy atom. The number of nitrogens with zero attached hydrogens (tertiary/aromatic N) is 3. The van der Waals surface area contributed by atoms with Crippen molar-refractivity contribution in [2.75, 3.05) is 26.2 Å². The van der Waals surface area contributed by atoms with Gasteiger partial charge in [-0.1, -0.05) is 18.2 Å². The molecule has 6 heteroatoms. The molecule has 2 aromatic rings. The van der Waals surface area contributed by atoms with Crippen LogP contribution in [0, 0.1) is 0 Å². The topological polar surface area (TPSA) is 76.9 Å². The average molecular weight is 341 g/mol. The van der Waals surface area contributed by atoms with E-state index < -0.39 is 12.0 Å². The Labute approximate surface area is 147 Å². The number of carbonyl (C=O) groups is 1. The normalized spacial score (nSPS) is 17.8. The lowest BCUT2D eigenvalue weighted by molar-refractivity contribution is -0.143. The second-order valence-electron chi connectivity index (χ2n) is 6.32. The average Bonchev–Trinajstić information content (AvgIpc) is 2.83. The highest BCUT2D eigenvalue weighted by atomic mass is 16.4. The molecule has 0 bridgehead atoms. The van der Waals surface area contributed by atoms with Crippen molar-refractivity contribution in [2.45, 2.75) is 19.0 Å². The van der Waals surface area contributed by atoms with Crippen LogP contribution in [-0.4, -0.2) is 57.1 Å². The first-order valence-corrected chi connectivity index (χ1v) is 8.51. The first-order chi connectivity index (χ1) is 12.1. The molecule has 1 fully saturated rings. The molecule has 1 aromatic carbocycles. The number of aromatic hydroxyl groups is 1. The molecule has 6 nitrogen and oxygen atoms in total. The van der Waals surface area contributed by atoms with Crippen molar-refractivity contribution < 1.29 is 15.0 Å². The number of phenols is 1. The van der Waals surface area contributed by atoms with Crippen molar-refractivity contribution in [3.05, 3.63) is 59.9 Å². The Morgan fingerprint density at radius 1 is 1.08 bits per heavy atom. The Balaban J connectivity index is 1.68. The lowest BCUT2D eigenvalue weighted by Gasteiger charge is -2.28. The SMILES string of the molecule is O=C(O)[C@H](c1ccc(O)cc1)N1CCCN(Cc2ccccn2)CC1.